The van der Waals surface area contributed by atoms with Crippen molar-refractivity contribution in [3.05, 3.63) is 65.2 Å². The number of aryl methyl sites for hydroxylation is 1. The highest BCUT2D eigenvalue weighted by molar-refractivity contribution is 14.0. The maximum absolute atomic E-state index is 5.47. The Morgan fingerprint density at radius 1 is 0.963 bits per heavy atom. The molecule has 0 aliphatic carbocycles. The summed E-state index contributed by atoms with van der Waals surface area (Å²) < 4.78 is 5.47. The lowest BCUT2D eigenvalue weighted by Crippen LogP contribution is -2.39. The standard InChI is InChI=1S/C21H28N4O.HI/c1-17-7-3-4-8-18(17)15-23-21(22-2)24-16-19-9-5-6-10-20(19)25-11-13-26-14-12-25;/h3-10H,11-16H2,1-2H3,(H2,22,23,24);1H. The first kappa shape index (κ1) is 21.5. The number of guanidine groups is 1. The molecule has 0 saturated carbocycles. The highest BCUT2D eigenvalue weighted by Gasteiger charge is 2.14. The van der Waals surface area contributed by atoms with Crippen molar-refractivity contribution in [2.24, 2.45) is 4.99 Å². The summed E-state index contributed by atoms with van der Waals surface area (Å²) in [6, 6.07) is 16.9. The van der Waals surface area contributed by atoms with E-state index in [9.17, 15) is 0 Å². The lowest BCUT2D eigenvalue weighted by molar-refractivity contribution is 0.122. The van der Waals surface area contributed by atoms with Crippen molar-refractivity contribution in [3.8, 4) is 0 Å². The van der Waals surface area contributed by atoms with E-state index >= 15 is 0 Å². The Balaban J connectivity index is 0.00000261. The van der Waals surface area contributed by atoms with Gasteiger partial charge in [-0.25, -0.2) is 0 Å². The van der Waals surface area contributed by atoms with E-state index < -0.39 is 0 Å². The van der Waals surface area contributed by atoms with Gasteiger partial charge in [0.25, 0.3) is 0 Å². The third-order valence-corrected chi connectivity index (χ3v) is 4.72. The normalized spacial score (nSPS) is 14.4. The Morgan fingerprint density at radius 2 is 1.56 bits per heavy atom. The fourth-order valence-electron chi connectivity index (χ4n) is 3.16. The van der Waals surface area contributed by atoms with Crippen molar-refractivity contribution in [3.63, 3.8) is 0 Å². The molecule has 5 nitrogen and oxygen atoms in total. The Hall–Kier alpha value is -1.80. The Bertz CT molecular complexity index is 744. The van der Waals surface area contributed by atoms with Gasteiger partial charge in [0, 0.05) is 38.9 Å². The number of aliphatic imine (C=N–C) groups is 1. The number of nitrogens with one attached hydrogen (secondary N) is 2. The van der Waals surface area contributed by atoms with Crippen LogP contribution < -0.4 is 15.5 Å². The molecule has 27 heavy (non-hydrogen) atoms. The van der Waals surface area contributed by atoms with E-state index in [1.165, 1.54) is 22.4 Å². The van der Waals surface area contributed by atoms with Gasteiger partial charge in [-0.1, -0.05) is 42.5 Å². The zero-order chi connectivity index (χ0) is 18.2. The minimum Gasteiger partial charge on any atom is -0.378 e. The summed E-state index contributed by atoms with van der Waals surface area (Å²) in [6.45, 7) is 7.10. The van der Waals surface area contributed by atoms with Gasteiger partial charge in [0.05, 0.1) is 13.2 Å². The van der Waals surface area contributed by atoms with Crippen LogP contribution in [0.3, 0.4) is 0 Å². The Kier molecular flexibility index (Phi) is 8.87. The molecule has 0 amide bonds. The zero-order valence-electron chi connectivity index (χ0n) is 16.1. The number of anilines is 1. The highest BCUT2D eigenvalue weighted by Crippen LogP contribution is 2.21. The number of halogens is 1. The average molecular weight is 480 g/mol. The van der Waals surface area contributed by atoms with Gasteiger partial charge in [0.1, 0.15) is 0 Å². The van der Waals surface area contributed by atoms with Crippen molar-refractivity contribution in [1.82, 2.24) is 10.6 Å². The van der Waals surface area contributed by atoms with Crippen molar-refractivity contribution in [2.45, 2.75) is 20.0 Å². The first-order valence-electron chi connectivity index (χ1n) is 9.17. The van der Waals surface area contributed by atoms with Crippen LogP contribution in [0.15, 0.2) is 53.5 Å². The quantitative estimate of drug-likeness (QED) is 0.392. The molecule has 1 saturated heterocycles. The molecule has 1 heterocycles. The fraction of sp³-hybridized carbons (Fsp3) is 0.381. The van der Waals surface area contributed by atoms with Crippen molar-refractivity contribution in [2.75, 3.05) is 38.3 Å². The molecule has 0 unspecified atom stereocenters. The Labute approximate surface area is 179 Å². The third-order valence-electron chi connectivity index (χ3n) is 4.72. The smallest absolute Gasteiger partial charge is 0.191 e. The summed E-state index contributed by atoms with van der Waals surface area (Å²) in [5.74, 6) is 0.810. The first-order valence-corrected chi connectivity index (χ1v) is 9.17. The maximum atomic E-state index is 5.47. The number of morpholine rings is 1. The lowest BCUT2D eigenvalue weighted by Gasteiger charge is -2.30. The van der Waals surface area contributed by atoms with Crippen LogP contribution >= 0.6 is 24.0 Å². The minimum atomic E-state index is 0. The molecule has 0 atom stereocenters. The second-order valence-corrected chi connectivity index (χ2v) is 6.43. The van der Waals surface area contributed by atoms with E-state index in [1.54, 1.807) is 7.05 Å². The zero-order valence-corrected chi connectivity index (χ0v) is 18.4. The van der Waals surface area contributed by atoms with Crippen LogP contribution in [-0.4, -0.2) is 39.3 Å². The number of para-hydroxylation sites is 1. The van der Waals surface area contributed by atoms with E-state index in [1.807, 2.05) is 0 Å². The molecule has 0 aromatic heterocycles. The Morgan fingerprint density at radius 3 is 2.22 bits per heavy atom. The van der Waals surface area contributed by atoms with Gasteiger partial charge < -0.3 is 20.3 Å². The van der Waals surface area contributed by atoms with Gasteiger partial charge >= 0.3 is 0 Å². The van der Waals surface area contributed by atoms with Crippen LogP contribution in [0.1, 0.15) is 16.7 Å². The summed E-state index contributed by atoms with van der Waals surface area (Å²) in [5, 5.41) is 6.84. The SMILES string of the molecule is CN=C(NCc1ccccc1C)NCc1ccccc1N1CCOCC1.I. The topological polar surface area (TPSA) is 48.9 Å². The van der Waals surface area contributed by atoms with Crippen LogP contribution in [0, 0.1) is 6.92 Å². The van der Waals surface area contributed by atoms with Crippen LogP contribution in [0.2, 0.25) is 0 Å². The van der Waals surface area contributed by atoms with Gasteiger partial charge in [-0.15, -0.1) is 24.0 Å². The van der Waals surface area contributed by atoms with Crippen molar-refractivity contribution in [1.29, 1.82) is 0 Å². The molecule has 1 fully saturated rings. The number of rotatable bonds is 5. The third kappa shape index (κ3) is 6.10. The van der Waals surface area contributed by atoms with E-state index in [4.69, 9.17) is 4.74 Å². The number of nitrogens with zero attached hydrogens (tertiary/aromatic N) is 2. The number of hydrogen-bond acceptors (Lipinski definition) is 3. The molecule has 146 valence electrons. The van der Waals surface area contributed by atoms with Crippen molar-refractivity contribution < 1.29 is 4.74 Å². The molecular formula is C21H29IN4O. The average Bonchev–Trinajstić information content (AvgIpc) is 2.70. The van der Waals surface area contributed by atoms with Crippen LogP contribution in [0.4, 0.5) is 5.69 Å². The predicted molar refractivity (Wildman–Crippen MR) is 123 cm³/mol. The second kappa shape index (κ2) is 11.1. The largest absolute Gasteiger partial charge is 0.378 e. The number of hydrogen-bond donors (Lipinski definition) is 2. The van der Waals surface area contributed by atoms with E-state index in [0.29, 0.717) is 0 Å². The highest BCUT2D eigenvalue weighted by atomic mass is 127. The molecule has 6 heteroatoms. The summed E-state index contributed by atoms with van der Waals surface area (Å²) in [7, 11) is 1.81. The van der Waals surface area contributed by atoms with Crippen LogP contribution in [-0.2, 0) is 17.8 Å². The van der Waals surface area contributed by atoms with Crippen LogP contribution in [0.5, 0.6) is 0 Å². The predicted octanol–water partition coefficient (Wildman–Crippen LogP) is 3.31. The van der Waals surface area contributed by atoms with E-state index in [2.05, 4.69) is 76.0 Å². The van der Waals surface area contributed by atoms with E-state index in [0.717, 1.165) is 45.4 Å². The maximum Gasteiger partial charge on any atom is 0.191 e. The van der Waals surface area contributed by atoms with Gasteiger partial charge in [-0.05, 0) is 29.7 Å². The van der Waals surface area contributed by atoms with Gasteiger partial charge in [0.2, 0.25) is 0 Å². The summed E-state index contributed by atoms with van der Waals surface area (Å²) in [5.41, 5.74) is 5.11. The minimum absolute atomic E-state index is 0. The summed E-state index contributed by atoms with van der Waals surface area (Å²) in [6.07, 6.45) is 0. The van der Waals surface area contributed by atoms with Crippen LogP contribution in [0.25, 0.3) is 0 Å². The van der Waals surface area contributed by atoms with Gasteiger partial charge in [-0.3, -0.25) is 4.99 Å². The molecule has 0 bridgehead atoms. The second-order valence-electron chi connectivity index (χ2n) is 6.43. The fourth-order valence-corrected chi connectivity index (χ4v) is 3.16. The molecule has 2 N–H and O–H groups in total. The molecule has 2 aromatic carbocycles. The molecule has 0 spiro atoms. The molecule has 0 radical (unpaired) electrons. The summed E-state index contributed by atoms with van der Waals surface area (Å²) >= 11 is 0. The molecule has 1 aliphatic rings. The van der Waals surface area contributed by atoms with Gasteiger partial charge in [-0.2, -0.15) is 0 Å². The lowest BCUT2D eigenvalue weighted by atomic mass is 10.1. The van der Waals surface area contributed by atoms with E-state index in [-0.39, 0.29) is 24.0 Å². The first-order chi connectivity index (χ1) is 12.8. The molecule has 1 aliphatic heterocycles. The van der Waals surface area contributed by atoms with Gasteiger partial charge in [0.15, 0.2) is 5.96 Å². The number of benzene rings is 2. The van der Waals surface area contributed by atoms with Crippen molar-refractivity contribution >= 4 is 35.6 Å². The monoisotopic (exact) mass is 480 g/mol. The molecule has 2 aromatic rings. The number of ether oxygens (including phenoxy) is 1. The molecule has 3 rings (SSSR count). The summed E-state index contributed by atoms with van der Waals surface area (Å²) in [4.78, 5) is 6.74. The molecular weight excluding hydrogens is 451 g/mol.